The molecule has 2 aliphatic heterocycles. The molecule has 2 bridgehead atoms. The molecule has 2 saturated carbocycles. The fourth-order valence-electron chi connectivity index (χ4n) is 8.80. The highest BCUT2D eigenvalue weighted by molar-refractivity contribution is 5.92. The van der Waals surface area contributed by atoms with Gasteiger partial charge in [-0.05, 0) is 73.8 Å². The fourth-order valence-corrected chi connectivity index (χ4v) is 8.80. The second-order valence-corrected chi connectivity index (χ2v) is 13.4. The van der Waals surface area contributed by atoms with Crippen LogP contribution in [0.5, 0.6) is 5.75 Å². The van der Waals surface area contributed by atoms with E-state index in [9.17, 15) is 9.59 Å². The molecule has 0 radical (unpaired) electrons. The second kappa shape index (κ2) is 10.3. The minimum atomic E-state index is -0.169. The number of esters is 1. The summed E-state index contributed by atoms with van der Waals surface area (Å²) in [6.45, 7) is 8.66. The lowest BCUT2D eigenvalue weighted by atomic mass is 9.51. The van der Waals surface area contributed by atoms with Crippen LogP contribution in [0.1, 0.15) is 63.1 Å². The van der Waals surface area contributed by atoms with Crippen molar-refractivity contribution in [3.63, 3.8) is 0 Å². The number of nitrogens with zero attached hydrogens (tertiary/aromatic N) is 2. The van der Waals surface area contributed by atoms with Gasteiger partial charge in [0.05, 0.1) is 6.04 Å². The Kier molecular flexibility index (Phi) is 6.72. The first kappa shape index (κ1) is 26.8. The van der Waals surface area contributed by atoms with E-state index < -0.39 is 0 Å². The van der Waals surface area contributed by atoms with E-state index in [2.05, 4.69) is 41.8 Å². The van der Waals surface area contributed by atoms with Crippen molar-refractivity contribution in [2.24, 2.45) is 17.8 Å². The summed E-state index contributed by atoms with van der Waals surface area (Å²) in [5.74, 6) is 2.28. The molecule has 2 unspecified atom stereocenters. The lowest BCUT2D eigenvalue weighted by Crippen LogP contribution is -2.69. The lowest BCUT2D eigenvalue weighted by Gasteiger charge is -2.60. The molecule has 2 heterocycles. The molecule has 1 spiro atoms. The smallest absolute Gasteiger partial charge is 0.302 e. The molecule has 0 aromatic heterocycles. The molecule has 3 aliphatic carbocycles. The summed E-state index contributed by atoms with van der Waals surface area (Å²) in [6, 6.07) is 17.2. The molecule has 216 valence electrons. The summed E-state index contributed by atoms with van der Waals surface area (Å²) >= 11 is 0. The standard InChI is InChI=1S/C35H42N2O4/c1-22(2)20-37(32(39)15-12-24-8-5-4-6-9-24)28-14-13-27-29-18-25-10-7-11-30-33(25)35(27,34(28)41-30)16-17-36(29)21-26-19-31(26)40-23(3)38/h4-12,15,22,26-29,31,34H,13-14,16-21H2,1-3H3/t26?,27-,28-,29+,31?,34-,35-/m0/s1. The number of benzene rings is 2. The van der Waals surface area contributed by atoms with E-state index in [0.29, 0.717) is 23.8 Å². The van der Waals surface area contributed by atoms with Crippen molar-refractivity contribution in [2.45, 2.75) is 82.6 Å². The van der Waals surface area contributed by atoms with Crippen LogP contribution in [0.3, 0.4) is 0 Å². The highest BCUT2D eigenvalue weighted by Gasteiger charge is 2.66. The Bertz CT molecular complexity index is 1360. The van der Waals surface area contributed by atoms with E-state index in [1.807, 2.05) is 36.4 Å². The van der Waals surface area contributed by atoms with Crippen LogP contribution < -0.4 is 4.74 Å². The third-order valence-electron chi connectivity index (χ3n) is 10.4. The summed E-state index contributed by atoms with van der Waals surface area (Å²) < 4.78 is 12.5. The average Bonchev–Trinajstić information content (AvgIpc) is 3.58. The Morgan fingerprint density at radius 3 is 2.76 bits per heavy atom. The molecule has 7 atom stereocenters. The van der Waals surface area contributed by atoms with Crippen LogP contribution >= 0.6 is 0 Å². The highest BCUT2D eigenvalue weighted by Crippen LogP contribution is 2.63. The van der Waals surface area contributed by atoms with Gasteiger partial charge in [0.15, 0.2) is 0 Å². The number of likely N-dealkylation sites (tertiary alicyclic amines) is 1. The van der Waals surface area contributed by atoms with Gasteiger partial charge >= 0.3 is 5.97 Å². The number of carbonyl (C=O) groups excluding carboxylic acids is 2. The van der Waals surface area contributed by atoms with Gasteiger partial charge < -0.3 is 14.4 Å². The summed E-state index contributed by atoms with van der Waals surface area (Å²) in [5.41, 5.74) is 3.85. The average molecular weight is 555 g/mol. The van der Waals surface area contributed by atoms with Crippen LogP contribution in [0.15, 0.2) is 54.6 Å². The van der Waals surface area contributed by atoms with Gasteiger partial charge in [-0.3, -0.25) is 14.5 Å². The molecule has 5 aliphatic rings. The number of amides is 1. The maximum Gasteiger partial charge on any atom is 0.302 e. The largest absolute Gasteiger partial charge is 0.487 e. The number of piperidine rings is 1. The van der Waals surface area contributed by atoms with E-state index in [4.69, 9.17) is 9.47 Å². The van der Waals surface area contributed by atoms with Crippen LogP contribution in [0.2, 0.25) is 0 Å². The lowest BCUT2D eigenvalue weighted by molar-refractivity contribution is -0.142. The first-order chi connectivity index (χ1) is 19.8. The Morgan fingerprint density at radius 1 is 1.15 bits per heavy atom. The number of hydrogen-bond donors (Lipinski definition) is 0. The van der Waals surface area contributed by atoms with Gasteiger partial charge in [-0.15, -0.1) is 0 Å². The monoisotopic (exact) mass is 554 g/mol. The van der Waals surface area contributed by atoms with Crippen LogP contribution in [-0.2, 0) is 26.2 Å². The molecule has 3 fully saturated rings. The van der Waals surface area contributed by atoms with Crippen molar-refractivity contribution in [3.05, 3.63) is 71.3 Å². The first-order valence-corrected chi connectivity index (χ1v) is 15.6. The van der Waals surface area contributed by atoms with E-state index >= 15 is 0 Å². The third kappa shape index (κ3) is 4.59. The van der Waals surface area contributed by atoms with Crippen molar-refractivity contribution in [2.75, 3.05) is 19.6 Å². The van der Waals surface area contributed by atoms with Gasteiger partial charge in [0.2, 0.25) is 5.91 Å². The molecular formula is C35H42N2O4. The molecule has 2 aromatic carbocycles. The zero-order valence-corrected chi connectivity index (χ0v) is 24.5. The molecule has 2 aromatic rings. The quantitative estimate of drug-likeness (QED) is 0.330. The Morgan fingerprint density at radius 2 is 1.98 bits per heavy atom. The first-order valence-electron chi connectivity index (χ1n) is 15.6. The Hall–Kier alpha value is -3.12. The van der Waals surface area contributed by atoms with Crippen molar-refractivity contribution in [3.8, 4) is 5.75 Å². The van der Waals surface area contributed by atoms with Crippen molar-refractivity contribution in [1.29, 1.82) is 0 Å². The van der Waals surface area contributed by atoms with Crippen LogP contribution in [-0.4, -0.2) is 65.6 Å². The predicted molar refractivity (Wildman–Crippen MR) is 158 cm³/mol. The molecule has 1 saturated heterocycles. The summed E-state index contributed by atoms with van der Waals surface area (Å²) in [6.07, 6.45) is 8.91. The van der Waals surface area contributed by atoms with Crippen LogP contribution in [0, 0.1) is 17.8 Å². The SMILES string of the molecule is CC(=O)OC1CC1CN1CC[C@]23c4c5cccc4O[C@H]2[C@@H](N(CC(C)C)C(=O)C=Cc2ccccc2)CC[C@H]3[C@H]1C5. The third-order valence-corrected chi connectivity index (χ3v) is 10.4. The molecular weight excluding hydrogens is 512 g/mol. The van der Waals surface area contributed by atoms with E-state index in [0.717, 1.165) is 63.1 Å². The maximum absolute atomic E-state index is 13.9. The van der Waals surface area contributed by atoms with Gasteiger partial charge in [0, 0.05) is 49.0 Å². The minimum Gasteiger partial charge on any atom is -0.487 e. The number of rotatable bonds is 8. The van der Waals surface area contributed by atoms with E-state index in [1.165, 1.54) is 18.1 Å². The van der Waals surface area contributed by atoms with Crippen molar-refractivity contribution < 1.29 is 19.1 Å². The van der Waals surface area contributed by atoms with Crippen molar-refractivity contribution in [1.82, 2.24) is 9.80 Å². The van der Waals surface area contributed by atoms with Crippen molar-refractivity contribution >= 4 is 18.0 Å². The van der Waals surface area contributed by atoms with Crippen LogP contribution in [0.25, 0.3) is 6.08 Å². The van der Waals surface area contributed by atoms with Gasteiger partial charge in [0.25, 0.3) is 0 Å². The molecule has 0 N–H and O–H groups in total. The minimum absolute atomic E-state index is 0.0232. The molecule has 6 nitrogen and oxygen atoms in total. The molecule has 1 amide bonds. The zero-order valence-electron chi connectivity index (χ0n) is 24.5. The van der Waals surface area contributed by atoms with Gasteiger partial charge in [-0.2, -0.15) is 0 Å². The summed E-state index contributed by atoms with van der Waals surface area (Å²) in [4.78, 5) is 30.2. The fraction of sp³-hybridized carbons (Fsp3) is 0.543. The molecule has 41 heavy (non-hydrogen) atoms. The molecule has 6 heteroatoms. The van der Waals surface area contributed by atoms with Crippen LogP contribution in [0.4, 0.5) is 0 Å². The second-order valence-electron chi connectivity index (χ2n) is 13.4. The number of carbonyl (C=O) groups is 2. The normalized spacial score (nSPS) is 32.9. The van der Waals surface area contributed by atoms with E-state index in [1.54, 1.807) is 6.08 Å². The van der Waals surface area contributed by atoms with E-state index in [-0.39, 0.29) is 35.5 Å². The number of hydrogen-bond acceptors (Lipinski definition) is 5. The molecule has 7 rings (SSSR count). The summed E-state index contributed by atoms with van der Waals surface area (Å²) in [7, 11) is 0. The van der Waals surface area contributed by atoms with Gasteiger partial charge in [0.1, 0.15) is 18.0 Å². The zero-order chi connectivity index (χ0) is 28.3. The summed E-state index contributed by atoms with van der Waals surface area (Å²) in [5, 5.41) is 0. The van der Waals surface area contributed by atoms with Gasteiger partial charge in [-0.1, -0.05) is 56.3 Å². The predicted octanol–water partition coefficient (Wildman–Crippen LogP) is 5.24. The number of ether oxygens (including phenoxy) is 2. The highest BCUT2D eigenvalue weighted by atomic mass is 16.5. The maximum atomic E-state index is 13.9. The van der Waals surface area contributed by atoms with Gasteiger partial charge in [-0.25, -0.2) is 0 Å². The Labute approximate surface area is 243 Å². The Balaban J connectivity index is 1.19. The topological polar surface area (TPSA) is 59.1 Å².